The Morgan fingerprint density at radius 3 is 2.70 bits per heavy atom. The molecule has 0 heterocycles. The average molecular weight is 277 g/mol. The van der Waals surface area contributed by atoms with Crippen molar-refractivity contribution in [3.8, 4) is 11.5 Å². The van der Waals surface area contributed by atoms with E-state index < -0.39 is 0 Å². The maximum Gasteiger partial charge on any atom is 0.227 e. The fourth-order valence-electron chi connectivity index (χ4n) is 2.50. The van der Waals surface area contributed by atoms with Crippen LogP contribution in [-0.2, 0) is 4.79 Å². The zero-order valence-electron chi connectivity index (χ0n) is 12.4. The molecule has 2 atom stereocenters. The number of ether oxygens (including phenoxy) is 2. The lowest BCUT2D eigenvalue weighted by Crippen LogP contribution is -2.14. The second kappa shape index (κ2) is 6.64. The van der Waals surface area contributed by atoms with Crippen molar-refractivity contribution in [1.82, 2.24) is 0 Å². The van der Waals surface area contributed by atoms with Gasteiger partial charge in [-0.3, -0.25) is 4.79 Å². The molecule has 1 aromatic rings. The Bertz CT molecular complexity index is 473. The van der Waals surface area contributed by atoms with Crippen LogP contribution in [0.5, 0.6) is 11.5 Å². The van der Waals surface area contributed by atoms with Gasteiger partial charge >= 0.3 is 0 Å². The number of hydrogen-bond acceptors (Lipinski definition) is 3. The lowest BCUT2D eigenvalue weighted by molar-refractivity contribution is -0.117. The molecule has 0 unspecified atom stereocenters. The number of methoxy groups -OCH3 is 2. The SMILES string of the molecule is CCCC[C@H]1C[C@@H]1C(=O)Nc1ccc(OC)c(OC)c1. The van der Waals surface area contributed by atoms with E-state index in [9.17, 15) is 4.79 Å². The van der Waals surface area contributed by atoms with Crippen molar-refractivity contribution >= 4 is 11.6 Å². The van der Waals surface area contributed by atoms with E-state index in [4.69, 9.17) is 9.47 Å². The van der Waals surface area contributed by atoms with Crippen molar-refractivity contribution in [2.24, 2.45) is 11.8 Å². The second-order valence-electron chi connectivity index (χ2n) is 5.30. The number of unbranched alkanes of at least 4 members (excludes halogenated alkanes) is 1. The molecule has 110 valence electrons. The van der Waals surface area contributed by atoms with Crippen LogP contribution in [0.25, 0.3) is 0 Å². The monoisotopic (exact) mass is 277 g/mol. The van der Waals surface area contributed by atoms with E-state index in [2.05, 4.69) is 12.2 Å². The zero-order chi connectivity index (χ0) is 14.5. The number of rotatable bonds is 7. The van der Waals surface area contributed by atoms with Crippen LogP contribution in [-0.4, -0.2) is 20.1 Å². The molecule has 4 heteroatoms. The number of amides is 1. The van der Waals surface area contributed by atoms with Crippen molar-refractivity contribution < 1.29 is 14.3 Å². The van der Waals surface area contributed by atoms with Crippen molar-refractivity contribution in [2.75, 3.05) is 19.5 Å². The maximum absolute atomic E-state index is 12.1. The Morgan fingerprint density at radius 1 is 1.30 bits per heavy atom. The normalized spacial score (nSPS) is 20.4. The Hall–Kier alpha value is -1.71. The van der Waals surface area contributed by atoms with Gasteiger partial charge in [0.2, 0.25) is 5.91 Å². The first-order valence-electron chi connectivity index (χ1n) is 7.22. The molecule has 1 aliphatic rings. The summed E-state index contributed by atoms with van der Waals surface area (Å²) in [6.07, 6.45) is 4.60. The first kappa shape index (κ1) is 14.7. The predicted octanol–water partition coefficient (Wildman–Crippen LogP) is 3.47. The molecule has 0 spiro atoms. The van der Waals surface area contributed by atoms with Gasteiger partial charge in [-0.05, 0) is 30.9 Å². The maximum atomic E-state index is 12.1. The van der Waals surface area contributed by atoms with Crippen molar-refractivity contribution in [1.29, 1.82) is 0 Å². The van der Waals surface area contributed by atoms with Crippen LogP contribution in [0.4, 0.5) is 5.69 Å². The summed E-state index contributed by atoms with van der Waals surface area (Å²) in [5.74, 6) is 2.18. The molecule has 1 N–H and O–H groups in total. The summed E-state index contributed by atoms with van der Waals surface area (Å²) >= 11 is 0. The van der Waals surface area contributed by atoms with Crippen LogP contribution >= 0.6 is 0 Å². The van der Waals surface area contributed by atoms with Crippen molar-refractivity contribution in [3.05, 3.63) is 18.2 Å². The predicted molar refractivity (Wildman–Crippen MR) is 79.3 cm³/mol. The van der Waals surface area contributed by atoms with Crippen LogP contribution in [0.1, 0.15) is 32.6 Å². The largest absolute Gasteiger partial charge is 0.493 e. The van der Waals surface area contributed by atoms with Gasteiger partial charge in [-0.2, -0.15) is 0 Å². The summed E-state index contributed by atoms with van der Waals surface area (Å²) in [5.41, 5.74) is 0.758. The highest BCUT2D eigenvalue weighted by molar-refractivity contribution is 5.94. The number of carbonyl (C=O) groups is 1. The zero-order valence-corrected chi connectivity index (χ0v) is 12.4. The van der Waals surface area contributed by atoms with Gasteiger partial charge in [-0.1, -0.05) is 19.8 Å². The lowest BCUT2D eigenvalue weighted by Gasteiger charge is -2.10. The number of benzene rings is 1. The molecule has 0 radical (unpaired) electrons. The first-order valence-corrected chi connectivity index (χ1v) is 7.22. The molecule has 1 aliphatic carbocycles. The van der Waals surface area contributed by atoms with E-state index >= 15 is 0 Å². The second-order valence-corrected chi connectivity index (χ2v) is 5.30. The highest BCUT2D eigenvalue weighted by Gasteiger charge is 2.42. The number of hydrogen-bond donors (Lipinski definition) is 1. The Morgan fingerprint density at radius 2 is 2.05 bits per heavy atom. The molecular weight excluding hydrogens is 254 g/mol. The molecule has 0 aliphatic heterocycles. The van der Waals surface area contributed by atoms with Crippen LogP contribution in [0.15, 0.2) is 18.2 Å². The number of nitrogens with one attached hydrogen (secondary N) is 1. The molecule has 0 saturated heterocycles. The molecule has 1 saturated carbocycles. The molecule has 0 aromatic heterocycles. The van der Waals surface area contributed by atoms with Gasteiger partial charge in [-0.15, -0.1) is 0 Å². The smallest absolute Gasteiger partial charge is 0.227 e. The Balaban J connectivity index is 1.92. The Kier molecular flexibility index (Phi) is 4.88. The van der Waals surface area contributed by atoms with Crippen molar-refractivity contribution in [3.63, 3.8) is 0 Å². The summed E-state index contributed by atoms with van der Waals surface area (Å²) < 4.78 is 10.4. The van der Waals surface area contributed by atoms with Gasteiger partial charge in [0, 0.05) is 17.7 Å². The van der Waals surface area contributed by atoms with Gasteiger partial charge in [-0.25, -0.2) is 0 Å². The Labute approximate surface area is 120 Å². The highest BCUT2D eigenvalue weighted by Crippen LogP contribution is 2.43. The van der Waals surface area contributed by atoms with E-state index in [0.717, 1.165) is 12.1 Å². The number of carbonyl (C=O) groups excluding carboxylic acids is 1. The summed E-state index contributed by atoms with van der Waals surface area (Å²) in [6.45, 7) is 2.18. The third-order valence-electron chi connectivity index (χ3n) is 3.84. The molecular formula is C16H23NO3. The minimum atomic E-state index is 0.123. The minimum Gasteiger partial charge on any atom is -0.493 e. The van der Waals surface area contributed by atoms with Crippen LogP contribution in [0.2, 0.25) is 0 Å². The van der Waals surface area contributed by atoms with Crippen LogP contribution in [0.3, 0.4) is 0 Å². The first-order chi connectivity index (χ1) is 9.69. The van der Waals surface area contributed by atoms with Crippen LogP contribution < -0.4 is 14.8 Å². The quantitative estimate of drug-likeness (QED) is 0.830. The third-order valence-corrected chi connectivity index (χ3v) is 3.84. The summed E-state index contributed by atoms with van der Waals surface area (Å²) in [6, 6.07) is 5.43. The average Bonchev–Trinajstić information content (AvgIpc) is 3.24. The van der Waals surface area contributed by atoms with Gasteiger partial charge in [0.25, 0.3) is 0 Å². The van der Waals surface area contributed by atoms with E-state index in [0.29, 0.717) is 17.4 Å². The molecule has 4 nitrogen and oxygen atoms in total. The van der Waals surface area contributed by atoms with Gasteiger partial charge in [0.1, 0.15) is 0 Å². The van der Waals surface area contributed by atoms with E-state index in [1.807, 2.05) is 6.07 Å². The van der Waals surface area contributed by atoms with E-state index in [-0.39, 0.29) is 11.8 Å². The van der Waals surface area contributed by atoms with Gasteiger partial charge < -0.3 is 14.8 Å². The van der Waals surface area contributed by atoms with E-state index in [1.54, 1.807) is 26.4 Å². The molecule has 20 heavy (non-hydrogen) atoms. The molecule has 1 aromatic carbocycles. The minimum absolute atomic E-state index is 0.123. The van der Waals surface area contributed by atoms with Gasteiger partial charge in [0.05, 0.1) is 14.2 Å². The van der Waals surface area contributed by atoms with Gasteiger partial charge in [0.15, 0.2) is 11.5 Å². The molecule has 2 rings (SSSR count). The standard InChI is InChI=1S/C16H23NO3/c1-4-5-6-11-9-13(11)16(18)17-12-7-8-14(19-2)15(10-12)20-3/h7-8,10-11,13H,4-6,9H2,1-3H3,(H,17,18)/t11-,13-/m0/s1. The molecule has 1 amide bonds. The topological polar surface area (TPSA) is 47.6 Å². The fourth-order valence-corrected chi connectivity index (χ4v) is 2.50. The fraction of sp³-hybridized carbons (Fsp3) is 0.562. The summed E-state index contributed by atoms with van der Waals surface area (Å²) in [5, 5.41) is 2.96. The number of anilines is 1. The third kappa shape index (κ3) is 3.44. The van der Waals surface area contributed by atoms with Crippen molar-refractivity contribution in [2.45, 2.75) is 32.6 Å². The summed E-state index contributed by atoms with van der Waals surface area (Å²) in [7, 11) is 3.18. The van der Waals surface area contributed by atoms with E-state index in [1.165, 1.54) is 19.3 Å². The summed E-state index contributed by atoms with van der Waals surface area (Å²) in [4.78, 5) is 12.1. The highest BCUT2D eigenvalue weighted by atomic mass is 16.5. The molecule has 1 fully saturated rings. The lowest BCUT2D eigenvalue weighted by atomic mass is 10.1. The van der Waals surface area contributed by atoms with Crippen LogP contribution in [0, 0.1) is 11.8 Å². The molecule has 0 bridgehead atoms.